The molecule has 1 aromatic rings. The van der Waals surface area contributed by atoms with E-state index in [1.165, 1.54) is 0 Å². The van der Waals surface area contributed by atoms with Crippen LogP contribution in [0, 0.1) is 5.92 Å². The summed E-state index contributed by atoms with van der Waals surface area (Å²) < 4.78 is 0. The molecule has 0 radical (unpaired) electrons. The van der Waals surface area contributed by atoms with Gasteiger partial charge in [-0.05, 0) is 31.4 Å². The molecule has 2 amide bonds. The summed E-state index contributed by atoms with van der Waals surface area (Å²) in [5, 5.41) is 5.63. The molecule has 0 aromatic heterocycles. The highest BCUT2D eigenvalue weighted by Gasteiger charge is 2.24. The maximum Gasteiger partial charge on any atom is 0.226 e. The molecule has 2 atom stereocenters. The monoisotopic (exact) mass is 289 g/mol. The van der Waals surface area contributed by atoms with Gasteiger partial charge in [0.15, 0.2) is 0 Å². The van der Waals surface area contributed by atoms with Crippen LogP contribution < -0.4 is 16.4 Å². The second-order valence-electron chi connectivity index (χ2n) is 5.58. The zero-order chi connectivity index (χ0) is 15.1. The molecule has 4 N–H and O–H groups in total. The van der Waals surface area contributed by atoms with Crippen molar-refractivity contribution in [2.24, 2.45) is 11.7 Å². The molecule has 5 nitrogen and oxygen atoms in total. The Morgan fingerprint density at radius 3 is 2.67 bits per heavy atom. The van der Waals surface area contributed by atoms with Crippen LogP contribution in [0.2, 0.25) is 0 Å². The molecule has 1 aromatic carbocycles. The first-order valence-electron chi connectivity index (χ1n) is 7.53. The van der Waals surface area contributed by atoms with Gasteiger partial charge in [0.25, 0.3) is 0 Å². The Labute approximate surface area is 125 Å². The van der Waals surface area contributed by atoms with Gasteiger partial charge in [0.1, 0.15) is 0 Å². The third-order valence-corrected chi connectivity index (χ3v) is 3.79. The van der Waals surface area contributed by atoms with Crippen molar-refractivity contribution in [2.45, 2.75) is 38.1 Å². The van der Waals surface area contributed by atoms with Gasteiger partial charge in [0.2, 0.25) is 11.8 Å². The number of rotatable bonds is 5. The number of nitrogens with two attached hydrogens (primary N) is 1. The van der Waals surface area contributed by atoms with E-state index in [4.69, 9.17) is 5.73 Å². The SMILES string of the molecule is NC1CCCC(C(=O)NCCC(=O)Nc2ccccc2)C1. The molecule has 1 saturated carbocycles. The minimum Gasteiger partial charge on any atom is -0.355 e. The van der Waals surface area contributed by atoms with Crippen molar-refractivity contribution in [1.29, 1.82) is 0 Å². The molecule has 1 aliphatic rings. The maximum atomic E-state index is 12.0. The van der Waals surface area contributed by atoms with Gasteiger partial charge in [0.05, 0.1) is 0 Å². The van der Waals surface area contributed by atoms with E-state index in [0.29, 0.717) is 6.54 Å². The lowest BCUT2D eigenvalue weighted by Gasteiger charge is -2.25. The van der Waals surface area contributed by atoms with E-state index in [1.807, 2.05) is 30.3 Å². The molecule has 1 aliphatic carbocycles. The predicted molar refractivity (Wildman–Crippen MR) is 82.6 cm³/mol. The van der Waals surface area contributed by atoms with Gasteiger partial charge in [-0.3, -0.25) is 9.59 Å². The number of carbonyl (C=O) groups is 2. The fraction of sp³-hybridized carbons (Fsp3) is 0.500. The van der Waals surface area contributed by atoms with Gasteiger partial charge in [0, 0.05) is 30.6 Å². The molecular weight excluding hydrogens is 266 g/mol. The number of hydrogen-bond acceptors (Lipinski definition) is 3. The number of benzene rings is 1. The molecule has 2 unspecified atom stereocenters. The first-order valence-corrected chi connectivity index (χ1v) is 7.53. The Kier molecular flexibility index (Phi) is 5.75. The molecule has 0 aliphatic heterocycles. The Hall–Kier alpha value is -1.88. The second kappa shape index (κ2) is 7.78. The minimum absolute atomic E-state index is 0.00549. The number of hydrogen-bond donors (Lipinski definition) is 3. The van der Waals surface area contributed by atoms with Crippen LogP contribution >= 0.6 is 0 Å². The van der Waals surface area contributed by atoms with Gasteiger partial charge >= 0.3 is 0 Å². The third kappa shape index (κ3) is 5.19. The van der Waals surface area contributed by atoms with Crippen molar-refractivity contribution in [2.75, 3.05) is 11.9 Å². The first-order chi connectivity index (χ1) is 10.1. The van der Waals surface area contributed by atoms with Crippen LogP contribution in [0.15, 0.2) is 30.3 Å². The summed E-state index contributed by atoms with van der Waals surface area (Å²) in [5.74, 6) is -0.0644. The highest BCUT2D eigenvalue weighted by Crippen LogP contribution is 2.23. The van der Waals surface area contributed by atoms with Crippen molar-refractivity contribution in [3.63, 3.8) is 0 Å². The minimum atomic E-state index is -0.0955. The molecule has 0 bridgehead atoms. The van der Waals surface area contributed by atoms with Crippen molar-refractivity contribution >= 4 is 17.5 Å². The van der Waals surface area contributed by atoms with E-state index in [-0.39, 0.29) is 30.2 Å². The fourth-order valence-corrected chi connectivity index (χ4v) is 2.65. The van der Waals surface area contributed by atoms with E-state index in [1.54, 1.807) is 0 Å². The smallest absolute Gasteiger partial charge is 0.226 e. The number of anilines is 1. The number of carbonyl (C=O) groups excluding carboxylic acids is 2. The lowest BCUT2D eigenvalue weighted by molar-refractivity contribution is -0.126. The summed E-state index contributed by atoms with van der Waals surface area (Å²) in [6.07, 6.45) is 3.94. The van der Waals surface area contributed by atoms with E-state index < -0.39 is 0 Å². The number of para-hydroxylation sites is 1. The Morgan fingerprint density at radius 2 is 1.95 bits per heavy atom. The first kappa shape index (κ1) is 15.5. The fourth-order valence-electron chi connectivity index (χ4n) is 2.65. The van der Waals surface area contributed by atoms with Crippen LogP contribution in [0.3, 0.4) is 0 Å². The number of nitrogens with one attached hydrogen (secondary N) is 2. The molecular formula is C16H23N3O2. The van der Waals surface area contributed by atoms with Crippen LogP contribution in [0.25, 0.3) is 0 Å². The quantitative estimate of drug-likeness (QED) is 0.770. The summed E-state index contributed by atoms with van der Waals surface area (Å²) in [6, 6.07) is 9.42. The highest BCUT2D eigenvalue weighted by atomic mass is 16.2. The lowest BCUT2D eigenvalue weighted by atomic mass is 9.85. The summed E-state index contributed by atoms with van der Waals surface area (Å²) in [5.41, 5.74) is 6.65. The molecule has 0 heterocycles. The van der Waals surface area contributed by atoms with Gasteiger partial charge in [-0.1, -0.05) is 24.6 Å². The van der Waals surface area contributed by atoms with Crippen molar-refractivity contribution in [3.8, 4) is 0 Å². The summed E-state index contributed by atoms with van der Waals surface area (Å²) in [6.45, 7) is 0.364. The van der Waals surface area contributed by atoms with Crippen LogP contribution in [0.1, 0.15) is 32.1 Å². The average Bonchev–Trinajstić information content (AvgIpc) is 2.48. The normalized spacial score (nSPS) is 21.6. The van der Waals surface area contributed by atoms with E-state index in [2.05, 4.69) is 10.6 Å². The predicted octanol–water partition coefficient (Wildman–Crippen LogP) is 1.65. The third-order valence-electron chi connectivity index (χ3n) is 3.79. The van der Waals surface area contributed by atoms with Crippen molar-refractivity contribution in [1.82, 2.24) is 5.32 Å². The molecule has 0 saturated heterocycles. The summed E-state index contributed by atoms with van der Waals surface area (Å²) in [4.78, 5) is 23.7. The van der Waals surface area contributed by atoms with Gasteiger partial charge in [-0.2, -0.15) is 0 Å². The summed E-state index contributed by atoms with van der Waals surface area (Å²) in [7, 11) is 0. The zero-order valence-corrected chi connectivity index (χ0v) is 12.2. The van der Waals surface area contributed by atoms with Crippen LogP contribution in [-0.2, 0) is 9.59 Å². The van der Waals surface area contributed by atoms with Crippen LogP contribution in [0.5, 0.6) is 0 Å². The topological polar surface area (TPSA) is 84.2 Å². The Balaban J connectivity index is 1.66. The molecule has 1 fully saturated rings. The largest absolute Gasteiger partial charge is 0.355 e. The average molecular weight is 289 g/mol. The Bertz CT molecular complexity index is 476. The highest BCUT2D eigenvalue weighted by molar-refractivity contribution is 5.91. The molecule has 114 valence electrons. The molecule has 21 heavy (non-hydrogen) atoms. The molecule has 5 heteroatoms. The van der Waals surface area contributed by atoms with Gasteiger partial charge in [-0.15, -0.1) is 0 Å². The van der Waals surface area contributed by atoms with Crippen LogP contribution in [-0.4, -0.2) is 24.4 Å². The van der Waals surface area contributed by atoms with Gasteiger partial charge in [-0.25, -0.2) is 0 Å². The van der Waals surface area contributed by atoms with Crippen molar-refractivity contribution in [3.05, 3.63) is 30.3 Å². The van der Waals surface area contributed by atoms with Gasteiger partial charge < -0.3 is 16.4 Å². The van der Waals surface area contributed by atoms with Crippen LogP contribution in [0.4, 0.5) is 5.69 Å². The zero-order valence-electron chi connectivity index (χ0n) is 12.2. The second-order valence-corrected chi connectivity index (χ2v) is 5.58. The maximum absolute atomic E-state index is 12.0. The standard InChI is InChI=1S/C16H23N3O2/c17-13-6-4-5-12(11-13)16(21)18-10-9-15(20)19-14-7-2-1-3-8-14/h1-3,7-8,12-13H,4-6,9-11,17H2,(H,18,21)(H,19,20). The van der Waals surface area contributed by atoms with E-state index >= 15 is 0 Å². The lowest BCUT2D eigenvalue weighted by Crippen LogP contribution is -2.38. The van der Waals surface area contributed by atoms with E-state index in [0.717, 1.165) is 31.4 Å². The van der Waals surface area contributed by atoms with Crippen molar-refractivity contribution < 1.29 is 9.59 Å². The molecule has 2 rings (SSSR count). The van der Waals surface area contributed by atoms with E-state index in [9.17, 15) is 9.59 Å². The Morgan fingerprint density at radius 1 is 1.19 bits per heavy atom. The molecule has 0 spiro atoms. The number of amides is 2. The summed E-state index contributed by atoms with van der Waals surface area (Å²) >= 11 is 0.